The zero-order valence-corrected chi connectivity index (χ0v) is 10.5. The molecular formula is C10H12BrNO2S. The largest absolute Gasteiger partial charge is 0.221 e. The fourth-order valence-corrected chi connectivity index (χ4v) is 2.84. The van der Waals surface area contributed by atoms with Crippen molar-refractivity contribution in [3.05, 3.63) is 35.9 Å². The minimum atomic E-state index is -3.13. The van der Waals surface area contributed by atoms with E-state index in [-0.39, 0.29) is 10.7 Å². The summed E-state index contributed by atoms with van der Waals surface area (Å²) < 4.78 is 25.2. The molecule has 1 N–H and O–H groups in total. The van der Waals surface area contributed by atoms with Crippen molar-refractivity contribution in [2.45, 2.75) is 18.4 Å². The van der Waals surface area contributed by atoms with Crippen LogP contribution in [-0.4, -0.2) is 19.1 Å². The summed E-state index contributed by atoms with van der Waals surface area (Å²) in [5, 5.41) is 0. The van der Waals surface area contributed by atoms with Crippen LogP contribution in [0.25, 0.3) is 0 Å². The lowest BCUT2D eigenvalue weighted by Crippen LogP contribution is -2.27. The van der Waals surface area contributed by atoms with Crippen LogP contribution in [0, 0.1) is 0 Å². The quantitative estimate of drug-likeness (QED) is 0.860. The van der Waals surface area contributed by atoms with Gasteiger partial charge >= 0.3 is 0 Å². The van der Waals surface area contributed by atoms with Gasteiger partial charge in [0.1, 0.15) is 4.66 Å². The van der Waals surface area contributed by atoms with Gasteiger partial charge in [-0.25, -0.2) is 13.1 Å². The number of alkyl halides is 1. The van der Waals surface area contributed by atoms with E-state index >= 15 is 0 Å². The van der Waals surface area contributed by atoms with Gasteiger partial charge in [0.15, 0.2) is 0 Å². The number of rotatable bonds is 4. The van der Waals surface area contributed by atoms with Crippen LogP contribution in [0.2, 0.25) is 0 Å². The Hall–Kier alpha value is -0.390. The molecule has 1 aliphatic carbocycles. The molecule has 3 nitrogen and oxygen atoms in total. The summed E-state index contributed by atoms with van der Waals surface area (Å²) in [7, 11) is -3.13. The maximum absolute atomic E-state index is 11.3. The first-order valence-electron chi connectivity index (χ1n) is 4.73. The van der Waals surface area contributed by atoms with Gasteiger partial charge in [-0.2, -0.15) is 0 Å². The Bertz CT molecular complexity index is 432. The number of hydrogen-bond donors (Lipinski definition) is 1. The van der Waals surface area contributed by atoms with Crippen LogP contribution in [0.3, 0.4) is 0 Å². The monoisotopic (exact) mass is 289 g/mol. The molecule has 0 spiro atoms. The number of halogens is 1. The second kappa shape index (κ2) is 4.23. The summed E-state index contributed by atoms with van der Waals surface area (Å²) >= 11 is 2.95. The van der Waals surface area contributed by atoms with E-state index in [0.29, 0.717) is 5.92 Å². The molecule has 1 fully saturated rings. The Morgan fingerprint density at radius 1 is 1.33 bits per heavy atom. The summed E-state index contributed by atoms with van der Waals surface area (Å²) in [4.78, 5) is 0. The number of sulfonamides is 1. The maximum Gasteiger partial charge on any atom is 0.221 e. The van der Waals surface area contributed by atoms with E-state index in [0.717, 1.165) is 6.42 Å². The molecule has 0 aliphatic heterocycles. The summed E-state index contributed by atoms with van der Waals surface area (Å²) in [5.41, 5.74) is 1.21. The van der Waals surface area contributed by atoms with Gasteiger partial charge in [-0.15, -0.1) is 0 Å². The van der Waals surface area contributed by atoms with Crippen molar-refractivity contribution >= 4 is 26.0 Å². The van der Waals surface area contributed by atoms with E-state index in [9.17, 15) is 8.42 Å². The van der Waals surface area contributed by atoms with Gasteiger partial charge in [0.25, 0.3) is 0 Å². The minimum Gasteiger partial charge on any atom is -0.212 e. The molecule has 0 radical (unpaired) electrons. The molecule has 15 heavy (non-hydrogen) atoms. The molecule has 1 aromatic carbocycles. The third-order valence-corrected chi connectivity index (χ3v) is 5.25. The van der Waals surface area contributed by atoms with Gasteiger partial charge in [-0.1, -0.05) is 46.3 Å². The van der Waals surface area contributed by atoms with Gasteiger partial charge < -0.3 is 0 Å². The molecule has 1 aliphatic rings. The van der Waals surface area contributed by atoms with Crippen molar-refractivity contribution in [3.8, 4) is 0 Å². The minimum absolute atomic E-state index is 0.0298. The molecule has 2 atom stereocenters. The van der Waals surface area contributed by atoms with Crippen LogP contribution in [0.1, 0.15) is 17.9 Å². The van der Waals surface area contributed by atoms with Gasteiger partial charge in [-0.05, 0) is 12.0 Å². The third kappa shape index (κ3) is 2.80. The van der Waals surface area contributed by atoms with Crippen LogP contribution >= 0.6 is 15.9 Å². The first-order valence-corrected chi connectivity index (χ1v) is 7.50. The van der Waals surface area contributed by atoms with E-state index in [1.807, 2.05) is 30.3 Å². The lowest BCUT2D eigenvalue weighted by molar-refractivity contribution is 0.585. The molecule has 0 amide bonds. The lowest BCUT2D eigenvalue weighted by atomic mass is 10.1. The second-order valence-electron chi connectivity index (χ2n) is 3.70. The highest BCUT2D eigenvalue weighted by molar-refractivity contribution is 9.10. The van der Waals surface area contributed by atoms with Crippen LogP contribution in [-0.2, 0) is 10.0 Å². The second-order valence-corrected chi connectivity index (χ2v) is 6.76. The normalized spacial score (nSPS) is 25.1. The highest BCUT2D eigenvalue weighted by atomic mass is 79.9. The van der Waals surface area contributed by atoms with Crippen LogP contribution in [0.4, 0.5) is 0 Å². The van der Waals surface area contributed by atoms with Gasteiger partial charge in [0, 0.05) is 12.0 Å². The Morgan fingerprint density at radius 3 is 2.60 bits per heavy atom. The van der Waals surface area contributed by atoms with Crippen molar-refractivity contribution in [1.82, 2.24) is 4.72 Å². The summed E-state index contributed by atoms with van der Waals surface area (Å²) in [5.74, 6) is 0.347. The molecule has 0 saturated heterocycles. The standard InChI is InChI=1S/C10H12BrNO2S/c11-7-15(13,14)12-10-6-9(10)8-4-2-1-3-5-8/h1-5,9-10,12H,6-7H2. The first kappa shape index (κ1) is 11.1. The Kier molecular flexibility index (Phi) is 3.13. The Balaban J connectivity index is 1.98. The highest BCUT2D eigenvalue weighted by Crippen LogP contribution is 2.40. The number of benzene rings is 1. The van der Waals surface area contributed by atoms with Gasteiger partial charge in [0.05, 0.1) is 0 Å². The van der Waals surface area contributed by atoms with Crippen LogP contribution < -0.4 is 4.72 Å². The fourth-order valence-electron chi connectivity index (χ4n) is 1.66. The molecular weight excluding hydrogens is 278 g/mol. The lowest BCUT2D eigenvalue weighted by Gasteiger charge is -2.02. The van der Waals surface area contributed by atoms with E-state index in [4.69, 9.17) is 0 Å². The number of nitrogens with one attached hydrogen (secondary N) is 1. The third-order valence-electron chi connectivity index (χ3n) is 2.49. The van der Waals surface area contributed by atoms with E-state index in [2.05, 4.69) is 20.7 Å². The molecule has 0 bridgehead atoms. The van der Waals surface area contributed by atoms with E-state index in [1.54, 1.807) is 0 Å². The van der Waals surface area contributed by atoms with Crippen molar-refractivity contribution in [2.24, 2.45) is 0 Å². The molecule has 2 unspecified atom stereocenters. The van der Waals surface area contributed by atoms with Gasteiger partial charge in [-0.3, -0.25) is 0 Å². The zero-order chi connectivity index (χ0) is 10.9. The van der Waals surface area contributed by atoms with E-state index in [1.165, 1.54) is 5.56 Å². The van der Waals surface area contributed by atoms with Crippen molar-refractivity contribution in [3.63, 3.8) is 0 Å². The summed E-state index contributed by atoms with van der Waals surface area (Å²) in [6.07, 6.45) is 0.899. The van der Waals surface area contributed by atoms with Gasteiger partial charge in [0.2, 0.25) is 10.0 Å². The average molecular weight is 290 g/mol. The van der Waals surface area contributed by atoms with Crippen molar-refractivity contribution in [1.29, 1.82) is 0 Å². The average Bonchev–Trinajstić information content (AvgIpc) is 2.98. The Morgan fingerprint density at radius 2 is 2.00 bits per heavy atom. The van der Waals surface area contributed by atoms with E-state index < -0.39 is 10.0 Å². The predicted molar refractivity (Wildman–Crippen MR) is 63.4 cm³/mol. The highest BCUT2D eigenvalue weighted by Gasteiger charge is 2.40. The predicted octanol–water partition coefficient (Wildman–Crippen LogP) is 1.81. The SMILES string of the molecule is O=S(=O)(CBr)NC1CC1c1ccccc1. The number of hydrogen-bond acceptors (Lipinski definition) is 2. The Labute approximate surface area is 98.1 Å². The molecule has 0 aromatic heterocycles. The van der Waals surface area contributed by atoms with Crippen LogP contribution in [0.5, 0.6) is 0 Å². The van der Waals surface area contributed by atoms with Crippen molar-refractivity contribution in [2.75, 3.05) is 4.66 Å². The van der Waals surface area contributed by atoms with Crippen molar-refractivity contribution < 1.29 is 8.42 Å². The van der Waals surface area contributed by atoms with Crippen LogP contribution in [0.15, 0.2) is 30.3 Å². The molecule has 82 valence electrons. The summed E-state index contributed by atoms with van der Waals surface area (Å²) in [6, 6.07) is 10.1. The molecule has 1 aromatic rings. The molecule has 2 rings (SSSR count). The molecule has 5 heteroatoms. The summed E-state index contributed by atoms with van der Waals surface area (Å²) in [6.45, 7) is 0. The maximum atomic E-state index is 11.3. The zero-order valence-electron chi connectivity index (χ0n) is 8.06. The smallest absolute Gasteiger partial charge is 0.212 e. The molecule has 1 saturated carbocycles. The first-order chi connectivity index (χ1) is 7.12. The molecule has 0 heterocycles. The topological polar surface area (TPSA) is 46.2 Å². The fraction of sp³-hybridized carbons (Fsp3) is 0.400.